The summed E-state index contributed by atoms with van der Waals surface area (Å²) in [5, 5.41) is 6.64. The molecule has 0 saturated heterocycles. The van der Waals surface area contributed by atoms with Gasteiger partial charge in [0.1, 0.15) is 0 Å². The summed E-state index contributed by atoms with van der Waals surface area (Å²) < 4.78 is 10.7. The number of nitrogens with zero attached hydrogens (tertiary/aromatic N) is 2. The van der Waals surface area contributed by atoms with Crippen molar-refractivity contribution < 1.29 is 9.47 Å². The molecule has 1 aromatic carbocycles. The number of fused-ring (bicyclic) bond motifs is 1. The van der Waals surface area contributed by atoms with E-state index in [1.54, 1.807) is 11.3 Å². The Bertz CT molecular complexity index is 720. The van der Waals surface area contributed by atoms with E-state index < -0.39 is 0 Å². The van der Waals surface area contributed by atoms with Crippen LogP contribution in [-0.2, 0) is 13.0 Å². The summed E-state index contributed by atoms with van der Waals surface area (Å²) in [5.74, 6) is 2.47. The third kappa shape index (κ3) is 5.46. The van der Waals surface area contributed by atoms with Crippen LogP contribution in [0.1, 0.15) is 23.1 Å². The Kier molecular flexibility index (Phi) is 7.76. The Morgan fingerprint density at radius 1 is 1.28 bits per heavy atom. The van der Waals surface area contributed by atoms with Crippen molar-refractivity contribution in [1.29, 1.82) is 0 Å². The van der Waals surface area contributed by atoms with Crippen molar-refractivity contribution in [1.82, 2.24) is 15.6 Å². The predicted molar refractivity (Wildman–Crippen MR) is 111 cm³/mol. The maximum absolute atomic E-state index is 5.41. The summed E-state index contributed by atoms with van der Waals surface area (Å²) >= 11 is 1.64. The second-order valence-electron chi connectivity index (χ2n) is 5.42. The van der Waals surface area contributed by atoms with Gasteiger partial charge in [0, 0.05) is 18.0 Å². The fraction of sp³-hybridized carbons (Fsp3) is 0.412. The summed E-state index contributed by atoms with van der Waals surface area (Å²) in [7, 11) is 0. The van der Waals surface area contributed by atoms with Crippen LogP contribution in [0.3, 0.4) is 0 Å². The van der Waals surface area contributed by atoms with E-state index in [0.29, 0.717) is 13.3 Å². The number of aromatic nitrogens is 1. The normalized spacial score (nSPS) is 12.6. The van der Waals surface area contributed by atoms with Crippen LogP contribution in [-0.4, -0.2) is 30.8 Å². The van der Waals surface area contributed by atoms with Crippen LogP contribution in [0.25, 0.3) is 0 Å². The van der Waals surface area contributed by atoms with Crippen LogP contribution in [0.2, 0.25) is 0 Å². The molecule has 2 aromatic rings. The van der Waals surface area contributed by atoms with E-state index >= 15 is 0 Å². The topological polar surface area (TPSA) is 67.8 Å². The maximum atomic E-state index is 5.41. The Morgan fingerprint density at radius 3 is 2.88 bits per heavy atom. The number of halogens is 1. The van der Waals surface area contributed by atoms with Gasteiger partial charge < -0.3 is 20.1 Å². The number of hydrogen-bond acceptors (Lipinski definition) is 5. The molecule has 2 N–H and O–H groups in total. The Labute approximate surface area is 169 Å². The average molecular weight is 474 g/mol. The minimum atomic E-state index is 0. The Hall–Kier alpha value is -1.55. The first-order chi connectivity index (χ1) is 11.8. The minimum absolute atomic E-state index is 0. The van der Waals surface area contributed by atoms with Gasteiger partial charge in [-0.2, -0.15) is 0 Å². The molecule has 0 spiro atoms. The molecule has 3 rings (SSSR count). The third-order valence-electron chi connectivity index (χ3n) is 3.71. The third-order valence-corrected chi connectivity index (χ3v) is 4.63. The highest BCUT2D eigenvalue weighted by molar-refractivity contribution is 14.0. The van der Waals surface area contributed by atoms with Gasteiger partial charge in [0.05, 0.1) is 17.7 Å². The first-order valence-corrected chi connectivity index (χ1v) is 8.94. The largest absolute Gasteiger partial charge is 0.454 e. The highest BCUT2D eigenvalue weighted by Gasteiger charge is 2.12. The lowest BCUT2D eigenvalue weighted by Gasteiger charge is -2.11. The number of aryl methyl sites for hydroxylation is 1. The van der Waals surface area contributed by atoms with Gasteiger partial charge in [0.15, 0.2) is 17.5 Å². The van der Waals surface area contributed by atoms with Gasteiger partial charge in [-0.15, -0.1) is 35.3 Å². The standard InChI is InChI=1S/C17H22N4O2S.HI/c1-3-18-17(20-9-16-12(2)21-10-24-16)19-7-6-13-4-5-14-15(8-13)23-11-22-14;/h4-5,8,10H,3,6-7,9,11H2,1-2H3,(H2,18,19,20);1H. The SMILES string of the molecule is CCNC(=NCc1scnc1C)NCCc1ccc2c(c1)OCO2.I. The van der Waals surface area contributed by atoms with Crippen LogP contribution in [0.5, 0.6) is 11.5 Å². The molecule has 1 aliphatic rings. The molecule has 0 aliphatic carbocycles. The van der Waals surface area contributed by atoms with Crippen molar-refractivity contribution in [3.63, 3.8) is 0 Å². The van der Waals surface area contributed by atoms with Gasteiger partial charge >= 0.3 is 0 Å². The van der Waals surface area contributed by atoms with Gasteiger partial charge in [0.25, 0.3) is 0 Å². The van der Waals surface area contributed by atoms with Crippen LogP contribution >= 0.6 is 35.3 Å². The summed E-state index contributed by atoms with van der Waals surface area (Å²) in [6.07, 6.45) is 0.890. The number of guanidine groups is 1. The number of benzene rings is 1. The fourth-order valence-electron chi connectivity index (χ4n) is 2.39. The molecular weight excluding hydrogens is 451 g/mol. The monoisotopic (exact) mass is 474 g/mol. The highest BCUT2D eigenvalue weighted by Crippen LogP contribution is 2.32. The number of ether oxygens (including phenoxy) is 2. The zero-order valence-electron chi connectivity index (χ0n) is 14.4. The van der Waals surface area contributed by atoms with E-state index in [9.17, 15) is 0 Å². The molecule has 8 heteroatoms. The van der Waals surface area contributed by atoms with Gasteiger partial charge in [0.2, 0.25) is 6.79 Å². The van der Waals surface area contributed by atoms with Gasteiger partial charge in [-0.05, 0) is 38.0 Å². The number of aliphatic imine (C=N–C) groups is 1. The molecule has 0 unspecified atom stereocenters. The first-order valence-electron chi connectivity index (χ1n) is 8.06. The van der Waals surface area contributed by atoms with Crippen LogP contribution in [0.4, 0.5) is 0 Å². The molecular formula is C17H23IN4O2S. The predicted octanol–water partition coefficient (Wildman–Crippen LogP) is 3.10. The van der Waals surface area contributed by atoms with E-state index in [0.717, 1.165) is 42.7 Å². The van der Waals surface area contributed by atoms with Crippen molar-refractivity contribution in [2.24, 2.45) is 4.99 Å². The van der Waals surface area contributed by atoms with Crippen molar-refractivity contribution in [3.8, 4) is 11.5 Å². The second-order valence-corrected chi connectivity index (χ2v) is 6.36. The number of thiazole rings is 1. The van der Waals surface area contributed by atoms with Crippen molar-refractivity contribution in [3.05, 3.63) is 39.8 Å². The molecule has 2 heterocycles. The quantitative estimate of drug-likeness (QED) is 0.383. The van der Waals surface area contributed by atoms with Crippen LogP contribution < -0.4 is 20.1 Å². The molecule has 136 valence electrons. The molecule has 0 saturated carbocycles. The smallest absolute Gasteiger partial charge is 0.231 e. The van der Waals surface area contributed by atoms with Crippen molar-refractivity contribution >= 4 is 41.3 Å². The molecule has 0 amide bonds. The Balaban J connectivity index is 0.00000225. The molecule has 25 heavy (non-hydrogen) atoms. The van der Waals surface area contributed by atoms with Crippen LogP contribution in [0.15, 0.2) is 28.7 Å². The highest BCUT2D eigenvalue weighted by atomic mass is 127. The second kappa shape index (κ2) is 9.81. The van der Waals surface area contributed by atoms with Crippen molar-refractivity contribution in [2.75, 3.05) is 19.9 Å². The Morgan fingerprint density at radius 2 is 2.12 bits per heavy atom. The molecule has 1 aliphatic heterocycles. The maximum Gasteiger partial charge on any atom is 0.231 e. The molecule has 6 nitrogen and oxygen atoms in total. The van der Waals surface area contributed by atoms with Gasteiger partial charge in [-0.1, -0.05) is 6.07 Å². The molecule has 0 atom stereocenters. The zero-order valence-corrected chi connectivity index (χ0v) is 17.5. The summed E-state index contributed by atoms with van der Waals surface area (Å²) in [5.41, 5.74) is 4.13. The molecule has 0 radical (unpaired) electrons. The lowest BCUT2D eigenvalue weighted by Crippen LogP contribution is -2.38. The van der Waals surface area contributed by atoms with E-state index in [2.05, 4.69) is 33.6 Å². The molecule has 1 aromatic heterocycles. The van der Waals surface area contributed by atoms with E-state index in [1.165, 1.54) is 10.4 Å². The van der Waals surface area contributed by atoms with Crippen molar-refractivity contribution in [2.45, 2.75) is 26.8 Å². The zero-order chi connectivity index (χ0) is 16.8. The molecule has 0 bridgehead atoms. The number of hydrogen-bond donors (Lipinski definition) is 2. The first kappa shape index (κ1) is 19.8. The molecule has 0 fully saturated rings. The number of rotatable bonds is 6. The summed E-state index contributed by atoms with van der Waals surface area (Å²) in [4.78, 5) is 10.1. The van der Waals surface area contributed by atoms with E-state index in [1.807, 2.05) is 24.6 Å². The fourth-order valence-corrected chi connectivity index (χ4v) is 3.09. The van der Waals surface area contributed by atoms with Crippen LogP contribution in [0, 0.1) is 6.92 Å². The van der Waals surface area contributed by atoms with Gasteiger partial charge in [-0.25, -0.2) is 9.98 Å². The minimum Gasteiger partial charge on any atom is -0.454 e. The lowest BCUT2D eigenvalue weighted by atomic mass is 10.1. The number of nitrogens with one attached hydrogen (secondary N) is 2. The lowest BCUT2D eigenvalue weighted by molar-refractivity contribution is 0.174. The average Bonchev–Trinajstić information content (AvgIpc) is 3.21. The van der Waals surface area contributed by atoms with Gasteiger partial charge in [-0.3, -0.25) is 0 Å². The summed E-state index contributed by atoms with van der Waals surface area (Å²) in [6, 6.07) is 6.07. The van der Waals surface area contributed by atoms with E-state index in [4.69, 9.17) is 9.47 Å². The summed E-state index contributed by atoms with van der Waals surface area (Å²) in [6.45, 7) is 6.67. The van der Waals surface area contributed by atoms with E-state index in [-0.39, 0.29) is 24.0 Å².